The second kappa shape index (κ2) is 3.55. The van der Waals surface area contributed by atoms with Crippen LogP contribution in [0.15, 0.2) is 0 Å². The molecule has 2 aliphatic heterocycles. The molecule has 2 rings (SSSR count). The molecule has 2 fully saturated rings. The van der Waals surface area contributed by atoms with Crippen LogP contribution in [0.1, 0.15) is 19.3 Å². The highest BCUT2D eigenvalue weighted by molar-refractivity contribution is 5.71. The summed E-state index contributed by atoms with van der Waals surface area (Å²) in [7, 11) is 0. The second-order valence-electron chi connectivity index (χ2n) is 3.21. The number of aliphatic carboxylic acids is 1. The van der Waals surface area contributed by atoms with E-state index in [4.69, 9.17) is 19.3 Å². The van der Waals surface area contributed by atoms with Crippen LogP contribution in [0.3, 0.4) is 0 Å². The van der Waals surface area contributed by atoms with Gasteiger partial charge in [-0.05, 0) is 6.42 Å². The summed E-state index contributed by atoms with van der Waals surface area (Å²) in [5, 5.41) is 8.32. The number of hydrogen-bond donors (Lipinski definition) is 1. The van der Waals surface area contributed by atoms with Gasteiger partial charge in [0, 0.05) is 12.8 Å². The van der Waals surface area contributed by atoms with Gasteiger partial charge in [0.15, 0.2) is 12.4 Å². The van der Waals surface area contributed by atoms with Gasteiger partial charge in [0.25, 0.3) is 0 Å². The molecule has 3 unspecified atom stereocenters. The van der Waals surface area contributed by atoms with E-state index in [1.807, 2.05) is 0 Å². The van der Waals surface area contributed by atoms with Crippen molar-refractivity contribution in [3.8, 4) is 0 Å². The zero-order valence-corrected chi connectivity index (χ0v) is 7.34. The lowest BCUT2D eigenvalue weighted by molar-refractivity contribution is -0.208. The third-order valence-corrected chi connectivity index (χ3v) is 2.04. The van der Waals surface area contributed by atoms with Crippen molar-refractivity contribution in [3.05, 3.63) is 0 Å². The van der Waals surface area contributed by atoms with Gasteiger partial charge in [-0.15, -0.1) is 0 Å². The predicted molar refractivity (Wildman–Crippen MR) is 41.1 cm³/mol. The number of rotatable bonds is 5. The molecule has 0 bridgehead atoms. The molecule has 0 aromatic heterocycles. The Kier molecular flexibility index (Phi) is 2.39. The van der Waals surface area contributed by atoms with E-state index in [1.165, 1.54) is 0 Å². The minimum absolute atomic E-state index is 0.0246. The minimum atomic E-state index is -0.914. The van der Waals surface area contributed by atoms with E-state index >= 15 is 0 Å². The van der Waals surface area contributed by atoms with Crippen LogP contribution in [0.25, 0.3) is 0 Å². The summed E-state index contributed by atoms with van der Waals surface area (Å²) in [5.41, 5.74) is 0. The molecule has 0 aromatic carbocycles. The molecular formula is C8H10O6. The molecule has 6 heteroatoms. The lowest BCUT2D eigenvalue weighted by Crippen LogP contribution is -2.37. The number of carboxylic acids is 1. The summed E-state index contributed by atoms with van der Waals surface area (Å²) in [6.45, 7) is 0. The molecule has 78 valence electrons. The highest BCUT2D eigenvalue weighted by Crippen LogP contribution is 2.40. The quantitative estimate of drug-likeness (QED) is 0.493. The number of fused-ring (bicyclic) bond motifs is 1. The van der Waals surface area contributed by atoms with Crippen LogP contribution in [-0.2, 0) is 23.8 Å². The third kappa shape index (κ3) is 2.02. The van der Waals surface area contributed by atoms with Crippen LogP contribution < -0.4 is 0 Å². The molecule has 0 amide bonds. The van der Waals surface area contributed by atoms with E-state index in [0.29, 0.717) is 0 Å². The fraction of sp³-hybridized carbons (Fsp3) is 0.750. The Morgan fingerprint density at radius 1 is 1.29 bits per heavy atom. The van der Waals surface area contributed by atoms with Gasteiger partial charge in [-0.2, -0.15) is 0 Å². The Bertz CT molecular complexity index is 263. The lowest BCUT2D eigenvalue weighted by Gasteiger charge is -2.20. The largest absolute Gasteiger partial charge is 0.481 e. The van der Waals surface area contributed by atoms with Crippen molar-refractivity contribution in [1.82, 2.24) is 0 Å². The fourth-order valence-corrected chi connectivity index (χ4v) is 1.20. The number of ether oxygens (including phenoxy) is 3. The van der Waals surface area contributed by atoms with E-state index in [2.05, 4.69) is 0 Å². The molecule has 0 aliphatic carbocycles. The Labute approximate surface area is 79.7 Å². The fourth-order valence-electron chi connectivity index (χ4n) is 1.20. The summed E-state index contributed by atoms with van der Waals surface area (Å²) in [5.74, 6) is -1.35. The molecule has 0 saturated carbocycles. The zero-order valence-electron chi connectivity index (χ0n) is 7.34. The number of carbonyl (C=O) groups is 2. The normalized spacial score (nSPS) is 32.7. The van der Waals surface area contributed by atoms with Crippen LogP contribution in [0, 0.1) is 0 Å². The Balaban J connectivity index is 1.56. The maximum Gasteiger partial charge on any atom is 0.308 e. The number of epoxide rings is 1. The van der Waals surface area contributed by atoms with Gasteiger partial charge in [0.2, 0.25) is 6.29 Å². The number of esters is 1. The lowest BCUT2D eigenvalue weighted by atomic mass is 10.2. The summed E-state index contributed by atoms with van der Waals surface area (Å²) in [4.78, 5) is 21.2. The molecule has 2 aliphatic rings. The van der Waals surface area contributed by atoms with Gasteiger partial charge in [-0.1, -0.05) is 0 Å². The Hall–Kier alpha value is -1.14. The van der Waals surface area contributed by atoms with Gasteiger partial charge in [0.1, 0.15) is 0 Å². The van der Waals surface area contributed by atoms with Crippen LogP contribution >= 0.6 is 0 Å². The first kappa shape index (κ1) is 9.42. The van der Waals surface area contributed by atoms with Crippen molar-refractivity contribution in [2.24, 2.45) is 0 Å². The molecule has 0 spiro atoms. The minimum Gasteiger partial charge on any atom is -0.481 e. The zero-order chi connectivity index (χ0) is 10.1. The molecular weight excluding hydrogens is 192 g/mol. The summed E-state index contributed by atoms with van der Waals surface area (Å²) < 4.78 is 14.7. The van der Waals surface area contributed by atoms with Crippen molar-refractivity contribution >= 4 is 11.9 Å². The highest BCUT2D eigenvalue weighted by Gasteiger charge is 2.60. The average Bonchev–Trinajstić information content (AvgIpc) is 2.72. The molecule has 0 radical (unpaired) electrons. The number of hydrogen-bond acceptors (Lipinski definition) is 5. The average molecular weight is 202 g/mol. The van der Waals surface area contributed by atoms with Crippen LogP contribution in [0.2, 0.25) is 0 Å². The van der Waals surface area contributed by atoms with Crippen molar-refractivity contribution in [1.29, 1.82) is 0 Å². The molecule has 6 nitrogen and oxygen atoms in total. The monoisotopic (exact) mass is 202 g/mol. The maximum absolute atomic E-state index is 11.0. The molecule has 1 N–H and O–H groups in total. The van der Waals surface area contributed by atoms with Gasteiger partial charge >= 0.3 is 11.9 Å². The van der Waals surface area contributed by atoms with E-state index in [-0.39, 0.29) is 31.7 Å². The van der Waals surface area contributed by atoms with Crippen LogP contribution in [0.4, 0.5) is 0 Å². The SMILES string of the molecule is O=C(O)CCCC(=O)OC1OC2OC12. The first-order valence-electron chi connectivity index (χ1n) is 4.39. The molecule has 2 heterocycles. The van der Waals surface area contributed by atoms with Crippen LogP contribution in [0.5, 0.6) is 0 Å². The van der Waals surface area contributed by atoms with Gasteiger partial charge < -0.3 is 19.3 Å². The van der Waals surface area contributed by atoms with Crippen molar-refractivity contribution < 1.29 is 28.9 Å². The molecule has 2 saturated heterocycles. The van der Waals surface area contributed by atoms with E-state index in [1.54, 1.807) is 0 Å². The van der Waals surface area contributed by atoms with Gasteiger partial charge in [0.05, 0.1) is 0 Å². The van der Waals surface area contributed by atoms with E-state index in [0.717, 1.165) is 0 Å². The predicted octanol–water partition coefficient (Wildman–Crippen LogP) is -0.134. The van der Waals surface area contributed by atoms with Gasteiger partial charge in [-0.3, -0.25) is 9.59 Å². The standard InChI is InChI=1S/C8H10O6/c9-4(10)2-1-3-5(11)12-7-6-8(13-6)14-7/h6-8H,1-3H2,(H,9,10). The van der Waals surface area contributed by atoms with Crippen molar-refractivity contribution in [2.45, 2.75) is 37.9 Å². The van der Waals surface area contributed by atoms with Crippen molar-refractivity contribution in [3.63, 3.8) is 0 Å². The number of carboxylic acid groups (broad SMARTS) is 1. The highest BCUT2D eigenvalue weighted by atomic mass is 16.9. The summed E-state index contributed by atoms with van der Waals surface area (Å²) >= 11 is 0. The first-order chi connectivity index (χ1) is 6.66. The van der Waals surface area contributed by atoms with E-state index < -0.39 is 18.2 Å². The first-order valence-corrected chi connectivity index (χ1v) is 4.39. The Morgan fingerprint density at radius 2 is 2.07 bits per heavy atom. The maximum atomic E-state index is 11.0. The molecule has 14 heavy (non-hydrogen) atoms. The van der Waals surface area contributed by atoms with Crippen LogP contribution in [-0.4, -0.2) is 35.7 Å². The number of carbonyl (C=O) groups excluding carboxylic acids is 1. The second-order valence-corrected chi connectivity index (χ2v) is 3.21. The summed E-state index contributed by atoms with van der Waals surface area (Å²) in [6, 6.07) is 0. The summed E-state index contributed by atoms with van der Waals surface area (Å²) in [6.07, 6.45) is -0.467. The smallest absolute Gasteiger partial charge is 0.308 e. The Morgan fingerprint density at radius 3 is 2.57 bits per heavy atom. The van der Waals surface area contributed by atoms with Crippen molar-refractivity contribution in [2.75, 3.05) is 0 Å². The topological polar surface area (TPSA) is 85.4 Å². The molecule has 3 atom stereocenters. The molecule has 0 aromatic rings. The van der Waals surface area contributed by atoms with Gasteiger partial charge in [-0.25, -0.2) is 0 Å². The third-order valence-electron chi connectivity index (χ3n) is 2.04. The van der Waals surface area contributed by atoms with E-state index in [9.17, 15) is 9.59 Å².